The van der Waals surface area contributed by atoms with Gasteiger partial charge in [-0.3, -0.25) is 4.90 Å². The molecule has 2 atom stereocenters. The predicted molar refractivity (Wildman–Crippen MR) is 85.7 cm³/mol. The highest BCUT2D eigenvalue weighted by molar-refractivity contribution is 9.10. The third-order valence-electron chi connectivity index (χ3n) is 3.74. The van der Waals surface area contributed by atoms with Gasteiger partial charge >= 0.3 is 0 Å². The summed E-state index contributed by atoms with van der Waals surface area (Å²) in [6, 6.07) is 7.81. The molecule has 1 aliphatic heterocycles. The average molecular weight is 367 g/mol. The molecular formula is C15H19BrN4O2. The van der Waals surface area contributed by atoms with Crippen LogP contribution in [0.4, 0.5) is 0 Å². The van der Waals surface area contributed by atoms with E-state index in [9.17, 15) is 0 Å². The van der Waals surface area contributed by atoms with E-state index in [1.165, 1.54) is 0 Å². The Labute approximate surface area is 138 Å². The van der Waals surface area contributed by atoms with Crippen LogP contribution in [0.1, 0.15) is 30.8 Å². The molecule has 22 heavy (non-hydrogen) atoms. The summed E-state index contributed by atoms with van der Waals surface area (Å²) in [6.07, 6.45) is -0.288. The monoisotopic (exact) mass is 366 g/mol. The van der Waals surface area contributed by atoms with Gasteiger partial charge in [-0.15, -0.1) is 0 Å². The van der Waals surface area contributed by atoms with E-state index >= 15 is 0 Å². The van der Waals surface area contributed by atoms with Crippen molar-refractivity contribution < 1.29 is 9.26 Å². The third-order valence-corrected chi connectivity index (χ3v) is 4.27. The summed E-state index contributed by atoms with van der Waals surface area (Å²) in [5.41, 5.74) is 0. The summed E-state index contributed by atoms with van der Waals surface area (Å²) in [4.78, 5) is 6.73. The van der Waals surface area contributed by atoms with E-state index in [2.05, 4.69) is 43.3 Å². The number of benzene rings is 1. The molecule has 7 heteroatoms. The molecule has 0 radical (unpaired) electrons. The van der Waals surface area contributed by atoms with Crippen LogP contribution in [0, 0.1) is 0 Å². The Balaban J connectivity index is 1.68. The minimum absolute atomic E-state index is 0.145. The van der Waals surface area contributed by atoms with E-state index in [-0.39, 0.29) is 12.1 Å². The summed E-state index contributed by atoms with van der Waals surface area (Å²) >= 11 is 3.40. The maximum Gasteiger partial charge on any atom is 0.267 e. The molecule has 2 aromatic rings. The van der Waals surface area contributed by atoms with Gasteiger partial charge in [0, 0.05) is 24.1 Å². The lowest BCUT2D eigenvalue weighted by molar-refractivity contribution is 0.173. The fourth-order valence-electron chi connectivity index (χ4n) is 2.41. The first kappa shape index (κ1) is 15.5. The van der Waals surface area contributed by atoms with Crippen LogP contribution < -0.4 is 10.1 Å². The number of aromatic nitrogens is 2. The van der Waals surface area contributed by atoms with E-state index in [1.807, 2.05) is 31.2 Å². The summed E-state index contributed by atoms with van der Waals surface area (Å²) in [7, 11) is 2.07. The van der Waals surface area contributed by atoms with Crippen molar-refractivity contribution in [2.45, 2.75) is 19.1 Å². The molecule has 0 saturated carbocycles. The number of rotatable bonds is 4. The van der Waals surface area contributed by atoms with Crippen LogP contribution in [-0.4, -0.2) is 41.7 Å². The van der Waals surface area contributed by atoms with Crippen molar-refractivity contribution in [3.05, 3.63) is 40.5 Å². The van der Waals surface area contributed by atoms with E-state index in [4.69, 9.17) is 9.26 Å². The van der Waals surface area contributed by atoms with Crippen LogP contribution in [0.2, 0.25) is 0 Å². The Morgan fingerprint density at radius 2 is 2.18 bits per heavy atom. The Kier molecular flexibility index (Phi) is 4.75. The molecule has 0 spiro atoms. The largest absolute Gasteiger partial charge is 0.481 e. The van der Waals surface area contributed by atoms with Gasteiger partial charge in [-0.1, -0.05) is 21.1 Å². The molecule has 0 amide bonds. The van der Waals surface area contributed by atoms with Crippen LogP contribution in [0.5, 0.6) is 5.75 Å². The number of halogens is 1. The number of hydrogen-bond acceptors (Lipinski definition) is 6. The molecule has 1 fully saturated rings. The highest BCUT2D eigenvalue weighted by Gasteiger charge is 2.26. The van der Waals surface area contributed by atoms with Gasteiger partial charge in [0.15, 0.2) is 11.9 Å². The Bertz CT molecular complexity index is 616. The fourth-order valence-corrected chi connectivity index (χ4v) is 2.67. The quantitative estimate of drug-likeness (QED) is 0.896. The van der Waals surface area contributed by atoms with Crippen LogP contribution in [0.25, 0.3) is 0 Å². The zero-order valence-electron chi connectivity index (χ0n) is 12.6. The lowest BCUT2D eigenvalue weighted by Gasteiger charge is -2.30. The van der Waals surface area contributed by atoms with Gasteiger partial charge in [0.25, 0.3) is 5.89 Å². The summed E-state index contributed by atoms with van der Waals surface area (Å²) in [5.74, 6) is 1.97. The van der Waals surface area contributed by atoms with Crippen LogP contribution in [0.3, 0.4) is 0 Å². The molecule has 2 heterocycles. The zero-order chi connectivity index (χ0) is 15.5. The lowest BCUT2D eigenvalue weighted by atomic mass is 10.2. The lowest BCUT2D eigenvalue weighted by Crippen LogP contribution is -2.44. The first-order valence-electron chi connectivity index (χ1n) is 7.30. The third kappa shape index (κ3) is 3.48. The fraction of sp³-hybridized carbons (Fsp3) is 0.467. The Morgan fingerprint density at radius 1 is 1.41 bits per heavy atom. The number of nitrogens with one attached hydrogen (secondary N) is 1. The van der Waals surface area contributed by atoms with Gasteiger partial charge in [0.2, 0.25) is 0 Å². The SMILES string of the molecule is CC(Oc1ccc(Br)cc1)c1nc(C2CNCCN2C)no1. The van der Waals surface area contributed by atoms with Gasteiger partial charge in [-0.2, -0.15) is 4.98 Å². The number of hydrogen-bond donors (Lipinski definition) is 1. The summed E-state index contributed by atoms with van der Waals surface area (Å²) in [6.45, 7) is 4.69. The van der Waals surface area contributed by atoms with Crippen molar-refractivity contribution in [3.8, 4) is 5.75 Å². The van der Waals surface area contributed by atoms with Crippen LogP contribution >= 0.6 is 15.9 Å². The molecule has 1 aliphatic rings. The van der Waals surface area contributed by atoms with E-state index in [0.29, 0.717) is 11.7 Å². The van der Waals surface area contributed by atoms with E-state index < -0.39 is 0 Å². The van der Waals surface area contributed by atoms with E-state index in [0.717, 1.165) is 29.9 Å². The first-order valence-corrected chi connectivity index (χ1v) is 8.09. The van der Waals surface area contributed by atoms with Gasteiger partial charge < -0.3 is 14.6 Å². The van der Waals surface area contributed by atoms with Crippen molar-refractivity contribution >= 4 is 15.9 Å². The molecule has 1 aromatic heterocycles. The van der Waals surface area contributed by atoms with E-state index in [1.54, 1.807) is 0 Å². The van der Waals surface area contributed by atoms with Crippen LogP contribution in [-0.2, 0) is 0 Å². The molecule has 0 bridgehead atoms. The highest BCUT2D eigenvalue weighted by Crippen LogP contribution is 2.24. The standard InChI is InChI=1S/C15H19BrN4O2/c1-10(21-12-5-3-11(16)4-6-12)15-18-14(19-22-15)13-9-17-7-8-20(13)2/h3-6,10,13,17H,7-9H2,1-2H3. The first-order chi connectivity index (χ1) is 10.6. The van der Waals surface area contributed by atoms with Crippen molar-refractivity contribution in [2.24, 2.45) is 0 Å². The summed E-state index contributed by atoms with van der Waals surface area (Å²) < 4.78 is 12.2. The van der Waals surface area contributed by atoms with Gasteiger partial charge in [-0.05, 0) is 38.2 Å². The molecular weight excluding hydrogens is 348 g/mol. The molecule has 1 saturated heterocycles. The van der Waals surface area contributed by atoms with Crippen molar-refractivity contribution in [3.63, 3.8) is 0 Å². The molecule has 118 valence electrons. The molecule has 6 nitrogen and oxygen atoms in total. The molecule has 0 aliphatic carbocycles. The number of nitrogens with zero attached hydrogens (tertiary/aromatic N) is 3. The smallest absolute Gasteiger partial charge is 0.267 e. The number of ether oxygens (including phenoxy) is 1. The Hall–Kier alpha value is -1.44. The Morgan fingerprint density at radius 3 is 2.91 bits per heavy atom. The molecule has 1 N–H and O–H groups in total. The van der Waals surface area contributed by atoms with Crippen molar-refractivity contribution in [1.82, 2.24) is 20.4 Å². The van der Waals surface area contributed by atoms with Crippen molar-refractivity contribution in [2.75, 3.05) is 26.7 Å². The normalized spacial score (nSPS) is 20.8. The maximum absolute atomic E-state index is 5.84. The second-order valence-corrected chi connectivity index (χ2v) is 6.32. The minimum atomic E-state index is -0.288. The highest BCUT2D eigenvalue weighted by atomic mass is 79.9. The minimum Gasteiger partial charge on any atom is -0.481 e. The molecule has 3 rings (SSSR count). The molecule has 2 unspecified atom stereocenters. The van der Waals surface area contributed by atoms with Crippen molar-refractivity contribution in [1.29, 1.82) is 0 Å². The predicted octanol–water partition coefficient (Wildman–Crippen LogP) is 2.55. The van der Waals surface area contributed by atoms with Gasteiger partial charge in [0.05, 0.1) is 6.04 Å². The second-order valence-electron chi connectivity index (χ2n) is 5.41. The maximum atomic E-state index is 5.84. The average Bonchev–Trinajstić information content (AvgIpc) is 3.00. The van der Waals surface area contributed by atoms with Gasteiger partial charge in [0.1, 0.15) is 5.75 Å². The number of likely N-dealkylation sites (N-methyl/N-ethyl adjacent to an activating group) is 1. The van der Waals surface area contributed by atoms with Gasteiger partial charge in [-0.25, -0.2) is 0 Å². The molecule has 1 aromatic carbocycles. The second kappa shape index (κ2) is 6.76. The topological polar surface area (TPSA) is 63.4 Å². The van der Waals surface area contributed by atoms with Crippen LogP contribution in [0.15, 0.2) is 33.3 Å². The number of piperazine rings is 1. The summed E-state index contributed by atoms with van der Waals surface area (Å²) in [5, 5.41) is 7.46. The zero-order valence-corrected chi connectivity index (χ0v) is 14.2.